The first kappa shape index (κ1) is 14.2. The number of nitrogens with zero attached hydrogens (tertiary/aromatic N) is 1. The molecule has 8 heteroatoms. The Hall–Kier alpha value is -2.22. The Balaban J connectivity index is 2.59. The van der Waals surface area contributed by atoms with Gasteiger partial charge in [-0.3, -0.25) is 0 Å². The molecule has 0 fully saturated rings. The minimum Gasteiger partial charge on any atom is -0.508 e. The molecule has 1 heterocycles. The van der Waals surface area contributed by atoms with Crippen LogP contribution in [0.1, 0.15) is 11.3 Å². The molecule has 0 aliphatic carbocycles. The Morgan fingerprint density at radius 2 is 1.90 bits per heavy atom. The summed E-state index contributed by atoms with van der Waals surface area (Å²) in [7, 11) is 0. The molecule has 20 heavy (non-hydrogen) atoms. The maximum atomic E-state index is 12.8. The van der Waals surface area contributed by atoms with Crippen LogP contribution in [-0.2, 0) is 12.6 Å². The molecule has 2 rings (SSSR count). The highest BCUT2D eigenvalue weighted by molar-refractivity contribution is 5.70. The standard InChI is InChI=1S/C12H10F3NO4/c13-12(14,15)11-8(3-4-17)10(20-16-11)7-2-1-6(18)5-9(7)19/h1-2,5,17-19H,3-4H2. The van der Waals surface area contributed by atoms with Crippen molar-refractivity contribution in [3.05, 3.63) is 29.5 Å². The van der Waals surface area contributed by atoms with Gasteiger partial charge < -0.3 is 19.8 Å². The summed E-state index contributed by atoms with van der Waals surface area (Å²) in [5.41, 5.74) is -1.63. The van der Waals surface area contributed by atoms with E-state index in [4.69, 9.17) is 10.2 Å². The fraction of sp³-hybridized carbons (Fsp3) is 0.250. The number of aromatic nitrogens is 1. The Kier molecular flexibility index (Phi) is 3.58. The average Bonchev–Trinajstić information content (AvgIpc) is 2.73. The summed E-state index contributed by atoms with van der Waals surface area (Å²) >= 11 is 0. The zero-order valence-corrected chi connectivity index (χ0v) is 9.98. The first-order chi connectivity index (χ1) is 9.34. The van der Waals surface area contributed by atoms with E-state index in [1.165, 1.54) is 12.1 Å². The number of phenolic OH excluding ortho intramolecular Hbond substituents is 2. The number of phenols is 2. The van der Waals surface area contributed by atoms with E-state index in [1.807, 2.05) is 0 Å². The van der Waals surface area contributed by atoms with Crippen molar-refractivity contribution in [2.45, 2.75) is 12.6 Å². The van der Waals surface area contributed by atoms with Crippen molar-refractivity contribution in [2.24, 2.45) is 0 Å². The first-order valence-electron chi connectivity index (χ1n) is 5.53. The van der Waals surface area contributed by atoms with Crippen molar-refractivity contribution in [1.29, 1.82) is 0 Å². The lowest BCUT2D eigenvalue weighted by molar-refractivity contribution is -0.143. The molecular weight excluding hydrogens is 279 g/mol. The molecular formula is C12H10F3NO4. The van der Waals surface area contributed by atoms with E-state index in [2.05, 4.69) is 9.68 Å². The number of halogens is 3. The minimum atomic E-state index is -4.72. The third kappa shape index (κ3) is 2.55. The first-order valence-corrected chi connectivity index (χ1v) is 5.53. The summed E-state index contributed by atoms with van der Waals surface area (Å²) < 4.78 is 42.9. The van der Waals surface area contributed by atoms with Gasteiger partial charge in [-0.2, -0.15) is 13.2 Å². The normalized spacial score (nSPS) is 11.8. The van der Waals surface area contributed by atoms with Gasteiger partial charge in [0.2, 0.25) is 0 Å². The van der Waals surface area contributed by atoms with Crippen molar-refractivity contribution in [3.8, 4) is 22.8 Å². The van der Waals surface area contributed by atoms with Gasteiger partial charge in [0.1, 0.15) is 11.5 Å². The third-order valence-corrected chi connectivity index (χ3v) is 2.64. The highest BCUT2D eigenvalue weighted by atomic mass is 19.4. The SMILES string of the molecule is OCCc1c(C(F)(F)F)noc1-c1ccc(O)cc1O. The smallest absolute Gasteiger partial charge is 0.437 e. The number of benzene rings is 1. The van der Waals surface area contributed by atoms with Gasteiger partial charge in [-0.1, -0.05) is 5.16 Å². The summed E-state index contributed by atoms with van der Waals surface area (Å²) in [5.74, 6) is -0.983. The molecule has 2 aromatic rings. The lowest BCUT2D eigenvalue weighted by Crippen LogP contribution is -2.10. The zero-order valence-electron chi connectivity index (χ0n) is 9.98. The number of hydrogen-bond donors (Lipinski definition) is 3. The van der Waals surface area contributed by atoms with Gasteiger partial charge in [-0.05, 0) is 12.1 Å². The lowest BCUT2D eigenvalue weighted by atomic mass is 10.0. The van der Waals surface area contributed by atoms with E-state index in [0.717, 1.165) is 6.07 Å². The van der Waals surface area contributed by atoms with Crippen LogP contribution < -0.4 is 0 Å². The summed E-state index contributed by atoms with van der Waals surface area (Å²) in [5, 5.41) is 30.7. The van der Waals surface area contributed by atoms with Crippen LogP contribution in [0.3, 0.4) is 0 Å². The average molecular weight is 289 g/mol. The van der Waals surface area contributed by atoms with Gasteiger partial charge in [0, 0.05) is 24.7 Å². The quantitative estimate of drug-likeness (QED) is 0.807. The number of hydrogen-bond acceptors (Lipinski definition) is 5. The second-order valence-corrected chi connectivity index (χ2v) is 4.01. The Labute approximate surface area is 110 Å². The van der Waals surface area contributed by atoms with Gasteiger partial charge in [0.15, 0.2) is 11.5 Å². The van der Waals surface area contributed by atoms with Crippen molar-refractivity contribution in [3.63, 3.8) is 0 Å². The highest BCUT2D eigenvalue weighted by Crippen LogP contribution is 2.40. The molecule has 1 aromatic heterocycles. The molecule has 1 aromatic carbocycles. The van der Waals surface area contributed by atoms with E-state index >= 15 is 0 Å². The van der Waals surface area contributed by atoms with Gasteiger partial charge in [-0.15, -0.1) is 0 Å². The summed E-state index contributed by atoms with van der Waals surface area (Å²) in [4.78, 5) is 0. The fourth-order valence-electron chi connectivity index (χ4n) is 1.80. The summed E-state index contributed by atoms with van der Waals surface area (Å²) in [6.45, 7) is -0.532. The van der Waals surface area contributed by atoms with Gasteiger partial charge in [0.05, 0.1) is 5.56 Å². The monoisotopic (exact) mass is 289 g/mol. The van der Waals surface area contributed by atoms with E-state index in [1.54, 1.807) is 0 Å². The number of aromatic hydroxyl groups is 2. The Morgan fingerprint density at radius 3 is 2.45 bits per heavy atom. The van der Waals surface area contributed by atoms with E-state index < -0.39 is 24.2 Å². The Morgan fingerprint density at radius 1 is 1.20 bits per heavy atom. The second-order valence-electron chi connectivity index (χ2n) is 4.01. The zero-order chi connectivity index (χ0) is 14.9. The molecule has 0 amide bonds. The lowest BCUT2D eigenvalue weighted by Gasteiger charge is -2.06. The van der Waals surface area contributed by atoms with Crippen molar-refractivity contribution < 1.29 is 33.0 Å². The topological polar surface area (TPSA) is 86.7 Å². The van der Waals surface area contributed by atoms with E-state index in [-0.39, 0.29) is 29.1 Å². The highest BCUT2D eigenvalue weighted by Gasteiger charge is 2.39. The molecule has 0 spiro atoms. The van der Waals surface area contributed by atoms with Crippen LogP contribution >= 0.6 is 0 Å². The number of rotatable bonds is 3. The van der Waals surface area contributed by atoms with Crippen LogP contribution in [0, 0.1) is 0 Å². The van der Waals surface area contributed by atoms with Crippen molar-refractivity contribution in [2.75, 3.05) is 6.61 Å². The molecule has 0 radical (unpaired) electrons. The maximum Gasteiger partial charge on any atom is 0.437 e. The van der Waals surface area contributed by atoms with Crippen LogP contribution in [0.4, 0.5) is 13.2 Å². The maximum absolute atomic E-state index is 12.8. The van der Waals surface area contributed by atoms with Gasteiger partial charge in [0.25, 0.3) is 0 Å². The van der Waals surface area contributed by atoms with E-state index in [0.29, 0.717) is 0 Å². The molecule has 0 aliphatic heterocycles. The van der Waals surface area contributed by atoms with Crippen LogP contribution in [0.25, 0.3) is 11.3 Å². The molecule has 108 valence electrons. The largest absolute Gasteiger partial charge is 0.508 e. The molecule has 0 atom stereocenters. The van der Waals surface area contributed by atoms with Crippen LogP contribution in [0.15, 0.2) is 22.7 Å². The van der Waals surface area contributed by atoms with Crippen LogP contribution in [-0.4, -0.2) is 27.1 Å². The summed E-state index contributed by atoms with van der Waals surface area (Å²) in [6, 6.07) is 3.35. The number of alkyl halides is 3. The van der Waals surface area contributed by atoms with Crippen molar-refractivity contribution >= 4 is 0 Å². The molecule has 0 unspecified atom stereocenters. The molecule has 0 saturated heterocycles. The summed E-state index contributed by atoms with van der Waals surface area (Å²) in [6.07, 6.45) is -5.05. The molecule has 3 N–H and O–H groups in total. The third-order valence-electron chi connectivity index (χ3n) is 2.64. The predicted octanol–water partition coefficient (Wildman–Crippen LogP) is 2.31. The van der Waals surface area contributed by atoms with Gasteiger partial charge >= 0.3 is 6.18 Å². The fourth-order valence-corrected chi connectivity index (χ4v) is 1.80. The minimum absolute atomic E-state index is 0.0470. The molecule has 0 aliphatic rings. The van der Waals surface area contributed by atoms with E-state index in [9.17, 15) is 18.3 Å². The van der Waals surface area contributed by atoms with Crippen LogP contribution in [0.5, 0.6) is 11.5 Å². The second kappa shape index (κ2) is 5.04. The Bertz CT molecular complexity index is 622. The number of aliphatic hydroxyl groups is 1. The van der Waals surface area contributed by atoms with Crippen LogP contribution in [0.2, 0.25) is 0 Å². The van der Waals surface area contributed by atoms with Crippen molar-refractivity contribution in [1.82, 2.24) is 5.16 Å². The predicted molar refractivity (Wildman–Crippen MR) is 61.1 cm³/mol. The number of aliphatic hydroxyl groups excluding tert-OH is 1. The molecule has 0 bridgehead atoms. The molecule has 0 saturated carbocycles. The van der Waals surface area contributed by atoms with Gasteiger partial charge in [-0.25, -0.2) is 0 Å². The molecule has 5 nitrogen and oxygen atoms in total.